The molecule has 0 aliphatic rings. The molecule has 1 aromatic rings. The number of thioether (sulfide) groups is 1. The van der Waals surface area contributed by atoms with E-state index in [9.17, 15) is 0 Å². The number of hydrogen-bond acceptors (Lipinski definition) is 3. The first-order chi connectivity index (χ1) is 6.88. The molecule has 1 unspecified atom stereocenters. The van der Waals surface area contributed by atoms with Gasteiger partial charge in [0.15, 0.2) is 0 Å². The van der Waals surface area contributed by atoms with Gasteiger partial charge in [-0.3, -0.25) is 4.57 Å². The third-order valence-corrected chi connectivity index (χ3v) is 3.25. The summed E-state index contributed by atoms with van der Waals surface area (Å²) in [6, 6.07) is 0.330. The van der Waals surface area contributed by atoms with Gasteiger partial charge >= 0.3 is 0 Å². The van der Waals surface area contributed by atoms with Gasteiger partial charge in [-0.1, -0.05) is 20.8 Å². The molecule has 1 atom stereocenters. The van der Waals surface area contributed by atoms with Gasteiger partial charge in [0.2, 0.25) is 5.28 Å². The van der Waals surface area contributed by atoms with Crippen LogP contribution in [-0.2, 0) is 5.41 Å². The molecule has 0 saturated carbocycles. The number of hydrogen-bond donors (Lipinski definition) is 0. The van der Waals surface area contributed by atoms with E-state index in [0.29, 0.717) is 11.3 Å². The van der Waals surface area contributed by atoms with Crippen LogP contribution in [0, 0.1) is 0 Å². The summed E-state index contributed by atoms with van der Waals surface area (Å²) < 4.78 is 2.03. The summed E-state index contributed by atoms with van der Waals surface area (Å²) in [6.45, 7) is 8.50. The van der Waals surface area contributed by atoms with Crippen LogP contribution in [0.4, 0.5) is 0 Å². The Labute approximate surface area is 101 Å². The molecule has 0 spiro atoms. The zero-order valence-corrected chi connectivity index (χ0v) is 11.5. The van der Waals surface area contributed by atoms with Crippen LogP contribution in [0.25, 0.3) is 0 Å². The average molecular weight is 248 g/mol. The van der Waals surface area contributed by atoms with Gasteiger partial charge in [0.25, 0.3) is 0 Å². The minimum Gasteiger partial charge on any atom is -0.298 e. The standard InChI is InChI=1S/C10H18ClN3S/c1-7(6-15-5)14-8(10(2,3)4)12-13-9(14)11/h7H,6H2,1-5H3. The van der Waals surface area contributed by atoms with Crippen molar-refractivity contribution in [1.82, 2.24) is 14.8 Å². The van der Waals surface area contributed by atoms with E-state index >= 15 is 0 Å². The molecule has 0 N–H and O–H groups in total. The fourth-order valence-electron chi connectivity index (χ4n) is 1.49. The highest BCUT2D eigenvalue weighted by atomic mass is 35.5. The minimum absolute atomic E-state index is 0.0210. The first kappa shape index (κ1) is 12.8. The normalized spacial score (nSPS) is 14.3. The van der Waals surface area contributed by atoms with Crippen molar-refractivity contribution >= 4 is 23.4 Å². The monoisotopic (exact) mass is 247 g/mol. The van der Waals surface area contributed by atoms with Crippen molar-refractivity contribution in [2.75, 3.05) is 12.0 Å². The van der Waals surface area contributed by atoms with Crippen LogP contribution in [0.1, 0.15) is 39.6 Å². The van der Waals surface area contributed by atoms with E-state index in [2.05, 4.69) is 44.1 Å². The molecule has 0 fully saturated rings. The van der Waals surface area contributed by atoms with E-state index < -0.39 is 0 Å². The van der Waals surface area contributed by atoms with E-state index in [4.69, 9.17) is 11.6 Å². The van der Waals surface area contributed by atoms with Gasteiger partial charge in [0.1, 0.15) is 5.82 Å². The maximum atomic E-state index is 6.06. The molecular formula is C10H18ClN3S. The third-order valence-electron chi connectivity index (χ3n) is 2.17. The summed E-state index contributed by atoms with van der Waals surface area (Å²) in [4.78, 5) is 0. The predicted molar refractivity (Wildman–Crippen MR) is 66.8 cm³/mol. The number of aromatic nitrogens is 3. The van der Waals surface area contributed by atoms with E-state index in [1.54, 1.807) is 11.8 Å². The first-order valence-corrected chi connectivity index (χ1v) is 6.75. The first-order valence-electron chi connectivity index (χ1n) is 4.97. The average Bonchev–Trinajstić information content (AvgIpc) is 2.46. The molecule has 15 heavy (non-hydrogen) atoms. The van der Waals surface area contributed by atoms with Crippen LogP contribution in [-0.4, -0.2) is 26.8 Å². The smallest absolute Gasteiger partial charge is 0.225 e. The van der Waals surface area contributed by atoms with Crippen LogP contribution >= 0.6 is 23.4 Å². The van der Waals surface area contributed by atoms with Gasteiger partial charge < -0.3 is 0 Å². The Morgan fingerprint density at radius 2 is 2.00 bits per heavy atom. The van der Waals surface area contributed by atoms with Gasteiger partial charge in [-0.15, -0.1) is 10.2 Å². The Morgan fingerprint density at radius 1 is 1.40 bits per heavy atom. The van der Waals surface area contributed by atoms with E-state index in [1.807, 2.05) is 4.57 Å². The maximum absolute atomic E-state index is 6.06. The lowest BCUT2D eigenvalue weighted by atomic mass is 9.95. The highest BCUT2D eigenvalue weighted by molar-refractivity contribution is 7.98. The van der Waals surface area contributed by atoms with Gasteiger partial charge in [0, 0.05) is 17.2 Å². The molecule has 1 rings (SSSR count). The molecule has 0 aliphatic heterocycles. The number of rotatable bonds is 3. The Kier molecular flexibility index (Phi) is 4.06. The molecule has 0 saturated heterocycles. The second-order valence-electron chi connectivity index (χ2n) is 4.72. The highest BCUT2D eigenvalue weighted by Gasteiger charge is 2.25. The molecule has 0 aromatic carbocycles. The molecule has 0 radical (unpaired) electrons. The van der Waals surface area contributed by atoms with Crippen molar-refractivity contribution in [1.29, 1.82) is 0 Å². The zero-order valence-electron chi connectivity index (χ0n) is 9.91. The van der Waals surface area contributed by atoms with E-state index in [-0.39, 0.29) is 5.41 Å². The van der Waals surface area contributed by atoms with Crippen LogP contribution in [0.2, 0.25) is 5.28 Å². The van der Waals surface area contributed by atoms with Gasteiger partial charge in [0.05, 0.1) is 0 Å². The SMILES string of the molecule is CSCC(C)n1c(Cl)nnc1C(C)(C)C. The Hall–Kier alpha value is -0.220. The van der Waals surface area contributed by atoms with Crippen LogP contribution in [0.5, 0.6) is 0 Å². The van der Waals surface area contributed by atoms with Crippen molar-refractivity contribution in [2.45, 2.75) is 39.2 Å². The lowest BCUT2D eigenvalue weighted by Gasteiger charge is -2.22. The number of nitrogens with zero attached hydrogens (tertiary/aromatic N) is 3. The van der Waals surface area contributed by atoms with Crippen LogP contribution in [0.15, 0.2) is 0 Å². The summed E-state index contributed by atoms with van der Waals surface area (Å²) in [6.07, 6.45) is 2.09. The molecule has 1 heterocycles. The molecule has 0 amide bonds. The lowest BCUT2D eigenvalue weighted by molar-refractivity contribution is 0.472. The number of halogens is 1. The van der Waals surface area contributed by atoms with Crippen LogP contribution in [0.3, 0.4) is 0 Å². The van der Waals surface area contributed by atoms with Crippen LogP contribution < -0.4 is 0 Å². The van der Waals surface area contributed by atoms with Crippen molar-refractivity contribution in [2.24, 2.45) is 0 Å². The molecule has 0 bridgehead atoms. The third kappa shape index (κ3) is 2.88. The quantitative estimate of drug-likeness (QED) is 0.822. The highest BCUT2D eigenvalue weighted by Crippen LogP contribution is 2.27. The van der Waals surface area contributed by atoms with Gasteiger partial charge in [-0.05, 0) is 24.8 Å². The fraction of sp³-hybridized carbons (Fsp3) is 0.800. The van der Waals surface area contributed by atoms with Gasteiger partial charge in [-0.2, -0.15) is 11.8 Å². The summed E-state index contributed by atoms with van der Waals surface area (Å²) in [5, 5.41) is 8.61. The van der Waals surface area contributed by atoms with E-state index in [0.717, 1.165) is 11.6 Å². The largest absolute Gasteiger partial charge is 0.298 e. The Morgan fingerprint density at radius 3 is 2.47 bits per heavy atom. The summed E-state index contributed by atoms with van der Waals surface area (Å²) in [5.41, 5.74) is -0.0210. The zero-order chi connectivity index (χ0) is 11.6. The molecule has 1 aromatic heterocycles. The van der Waals surface area contributed by atoms with Crippen molar-refractivity contribution in [3.05, 3.63) is 11.1 Å². The second-order valence-corrected chi connectivity index (χ2v) is 5.97. The second kappa shape index (κ2) is 4.74. The van der Waals surface area contributed by atoms with E-state index in [1.165, 1.54) is 0 Å². The summed E-state index contributed by atoms with van der Waals surface area (Å²) in [7, 11) is 0. The molecule has 86 valence electrons. The lowest BCUT2D eigenvalue weighted by Crippen LogP contribution is -2.22. The van der Waals surface area contributed by atoms with Gasteiger partial charge in [-0.25, -0.2) is 0 Å². The van der Waals surface area contributed by atoms with Crippen molar-refractivity contribution in [3.63, 3.8) is 0 Å². The topological polar surface area (TPSA) is 30.7 Å². The minimum atomic E-state index is -0.0210. The Bertz CT molecular complexity index is 330. The molecule has 3 nitrogen and oxygen atoms in total. The molecule has 0 aliphatic carbocycles. The Balaban J connectivity index is 3.10. The van der Waals surface area contributed by atoms with Crippen molar-refractivity contribution < 1.29 is 0 Å². The maximum Gasteiger partial charge on any atom is 0.225 e. The fourth-order valence-corrected chi connectivity index (χ4v) is 2.41. The summed E-state index contributed by atoms with van der Waals surface area (Å²) >= 11 is 7.86. The molecular weight excluding hydrogens is 230 g/mol. The molecule has 5 heteroatoms. The van der Waals surface area contributed by atoms with Crippen molar-refractivity contribution in [3.8, 4) is 0 Å². The predicted octanol–water partition coefficient (Wildman–Crippen LogP) is 3.15. The summed E-state index contributed by atoms with van der Waals surface area (Å²) in [5.74, 6) is 1.97.